The molecule has 4 nitrogen and oxygen atoms in total. The average molecular weight is 297 g/mol. The molecule has 122 valence electrons. The highest BCUT2D eigenvalue weighted by Crippen LogP contribution is 2.29. The van der Waals surface area contributed by atoms with Crippen LogP contribution in [0.15, 0.2) is 0 Å². The number of carbonyl (C=O) groups is 1. The van der Waals surface area contributed by atoms with E-state index in [1.165, 1.54) is 45.6 Å². The Labute approximate surface area is 129 Å². The number of carbonyl (C=O) groups excluding carboxylic acids is 1. The van der Waals surface area contributed by atoms with Crippen molar-refractivity contribution in [2.45, 2.75) is 76.3 Å². The van der Waals surface area contributed by atoms with Crippen LogP contribution in [0.4, 0.5) is 0 Å². The van der Waals surface area contributed by atoms with Crippen molar-refractivity contribution in [3.05, 3.63) is 0 Å². The molecule has 2 aliphatic rings. The number of unbranched alkanes of at least 4 members (excludes halogenated alkanes) is 1. The standard InChI is InChI=1S/C17H31NO3/c1-17(16(19)20-2,18-15-8-9-15)11-3-4-12-21-13-10-14-6-5-7-14/h14-15,18H,3-13H2,1-2H3. The van der Waals surface area contributed by atoms with E-state index >= 15 is 0 Å². The van der Waals surface area contributed by atoms with Gasteiger partial charge in [-0.05, 0) is 51.4 Å². The Kier molecular flexibility index (Phi) is 6.49. The van der Waals surface area contributed by atoms with Crippen LogP contribution in [0.5, 0.6) is 0 Å². The van der Waals surface area contributed by atoms with Gasteiger partial charge >= 0.3 is 5.97 Å². The Morgan fingerprint density at radius 1 is 1.19 bits per heavy atom. The molecule has 2 aliphatic carbocycles. The summed E-state index contributed by atoms with van der Waals surface area (Å²) in [6, 6.07) is 0.507. The number of hydrogen-bond acceptors (Lipinski definition) is 4. The quantitative estimate of drug-likeness (QED) is 0.470. The molecular formula is C17H31NO3. The second-order valence-corrected chi connectivity index (χ2v) is 6.90. The van der Waals surface area contributed by atoms with Crippen molar-refractivity contribution in [2.75, 3.05) is 20.3 Å². The summed E-state index contributed by atoms with van der Waals surface area (Å²) in [5.74, 6) is 0.788. The van der Waals surface area contributed by atoms with Gasteiger partial charge in [0.15, 0.2) is 0 Å². The summed E-state index contributed by atoms with van der Waals surface area (Å²) in [4.78, 5) is 12.0. The Hall–Kier alpha value is -0.610. The molecule has 0 saturated heterocycles. The number of rotatable bonds is 11. The summed E-state index contributed by atoms with van der Waals surface area (Å²) in [7, 11) is 1.47. The highest BCUT2D eigenvalue weighted by Gasteiger charge is 2.38. The zero-order valence-corrected chi connectivity index (χ0v) is 13.7. The van der Waals surface area contributed by atoms with E-state index in [2.05, 4.69) is 5.32 Å². The lowest BCUT2D eigenvalue weighted by molar-refractivity contribution is -0.148. The maximum absolute atomic E-state index is 12.0. The SMILES string of the molecule is COC(=O)C(C)(CCCCOCCC1CCC1)NC1CC1. The molecule has 0 radical (unpaired) electrons. The van der Waals surface area contributed by atoms with Crippen molar-refractivity contribution in [2.24, 2.45) is 5.92 Å². The van der Waals surface area contributed by atoms with Crippen LogP contribution in [-0.2, 0) is 14.3 Å². The largest absolute Gasteiger partial charge is 0.468 e. The van der Waals surface area contributed by atoms with E-state index in [-0.39, 0.29) is 5.97 Å². The van der Waals surface area contributed by atoms with Gasteiger partial charge in [-0.3, -0.25) is 10.1 Å². The molecular weight excluding hydrogens is 266 g/mol. The molecule has 0 aliphatic heterocycles. The minimum Gasteiger partial charge on any atom is -0.468 e. The highest BCUT2D eigenvalue weighted by atomic mass is 16.5. The molecule has 2 fully saturated rings. The summed E-state index contributed by atoms with van der Waals surface area (Å²) in [5.41, 5.74) is -0.526. The van der Waals surface area contributed by atoms with E-state index < -0.39 is 5.54 Å². The van der Waals surface area contributed by atoms with Crippen LogP contribution in [0.3, 0.4) is 0 Å². The molecule has 0 aromatic rings. The van der Waals surface area contributed by atoms with Crippen molar-refractivity contribution in [3.8, 4) is 0 Å². The predicted molar refractivity (Wildman–Crippen MR) is 83.2 cm³/mol. The van der Waals surface area contributed by atoms with Crippen LogP contribution in [0.1, 0.15) is 64.7 Å². The van der Waals surface area contributed by atoms with E-state index in [9.17, 15) is 4.79 Å². The van der Waals surface area contributed by atoms with Gasteiger partial charge in [0.1, 0.15) is 5.54 Å². The lowest BCUT2D eigenvalue weighted by Gasteiger charge is -2.28. The first kappa shape index (κ1) is 16.8. The van der Waals surface area contributed by atoms with Gasteiger partial charge in [0.05, 0.1) is 7.11 Å². The molecule has 0 bridgehead atoms. The normalized spacial score (nSPS) is 21.6. The Bertz CT molecular complexity index is 326. The zero-order chi connectivity index (χ0) is 15.1. The first-order valence-electron chi connectivity index (χ1n) is 8.58. The highest BCUT2D eigenvalue weighted by molar-refractivity contribution is 5.80. The van der Waals surface area contributed by atoms with E-state index in [0.717, 1.165) is 38.4 Å². The van der Waals surface area contributed by atoms with Crippen molar-refractivity contribution in [3.63, 3.8) is 0 Å². The molecule has 0 aromatic carbocycles. The minimum atomic E-state index is -0.526. The van der Waals surface area contributed by atoms with E-state index in [0.29, 0.717) is 6.04 Å². The maximum atomic E-state index is 12.0. The molecule has 1 atom stereocenters. The maximum Gasteiger partial charge on any atom is 0.325 e. The minimum absolute atomic E-state index is 0.139. The van der Waals surface area contributed by atoms with Crippen LogP contribution >= 0.6 is 0 Å². The van der Waals surface area contributed by atoms with Gasteiger partial charge in [-0.15, -0.1) is 0 Å². The van der Waals surface area contributed by atoms with Crippen molar-refractivity contribution in [1.29, 1.82) is 0 Å². The molecule has 4 heteroatoms. The third kappa shape index (κ3) is 5.59. The second kappa shape index (κ2) is 8.14. The molecule has 0 spiro atoms. The fourth-order valence-corrected chi connectivity index (χ4v) is 2.95. The van der Waals surface area contributed by atoms with E-state index in [1.54, 1.807) is 0 Å². The summed E-state index contributed by atoms with van der Waals surface area (Å²) in [6.07, 6.45) is 10.6. The predicted octanol–water partition coefficient (Wildman–Crippen LogP) is 3.05. The van der Waals surface area contributed by atoms with Crippen LogP contribution in [-0.4, -0.2) is 37.9 Å². The van der Waals surface area contributed by atoms with E-state index in [1.807, 2.05) is 6.92 Å². The van der Waals surface area contributed by atoms with Crippen LogP contribution in [0.2, 0.25) is 0 Å². The molecule has 0 heterocycles. The fraction of sp³-hybridized carbons (Fsp3) is 0.941. The zero-order valence-electron chi connectivity index (χ0n) is 13.7. The van der Waals surface area contributed by atoms with Gasteiger partial charge in [0, 0.05) is 19.3 Å². The van der Waals surface area contributed by atoms with E-state index in [4.69, 9.17) is 9.47 Å². The number of esters is 1. The van der Waals surface area contributed by atoms with Gasteiger partial charge in [0.2, 0.25) is 0 Å². The number of methoxy groups -OCH3 is 1. The molecule has 1 unspecified atom stereocenters. The number of hydrogen-bond donors (Lipinski definition) is 1. The summed E-state index contributed by atoms with van der Waals surface area (Å²) >= 11 is 0. The lowest BCUT2D eigenvalue weighted by atomic mass is 9.83. The molecule has 2 rings (SSSR count). The second-order valence-electron chi connectivity index (χ2n) is 6.90. The van der Waals surface area contributed by atoms with Gasteiger partial charge in [-0.2, -0.15) is 0 Å². The monoisotopic (exact) mass is 297 g/mol. The molecule has 2 saturated carbocycles. The Morgan fingerprint density at radius 2 is 1.95 bits per heavy atom. The fourth-order valence-electron chi connectivity index (χ4n) is 2.95. The smallest absolute Gasteiger partial charge is 0.325 e. The Morgan fingerprint density at radius 3 is 2.52 bits per heavy atom. The number of ether oxygens (including phenoxy) is 2. The Balaban J connectivity index is 1.54. The van der Waals surface area contributed by atoms with Crippen molar-refractivity contribution < 1.29 is 14.3 Å². The first-order chi connectivity index (χ1) is 10.1. The van der Waals surface area contributed by atoms with Crippen LogP contribution in [0, 0.1) is 5.92 Å². The first-order valence-corrected chi connectivity index (χ1v) is 8.58. The van der Waals surface area contributed by atoms with Gasteiger partial charge in [-0.1, -0.05) is 19.3 Å². The summed E-state index contributed by atoms with van der Waals surface area (Å²) < 4.78 is 10.7. The van der Waals surface area contributed by atoms with Gasteiger partial charge in [0.25, 0.3) is 0 Å². The van der Waals surface area contributed by atoms with Gasteiger partial charge < -0.3 is 9.47 Å². The lowest BCUT2D eigenvalue weighted by Crippen LogP contribution is -2.51. The molecule has 0 aromatic heterocycles. The van der Waals surface area contributed by atoms with Crippen molar-refractivity contribution in [1.82, 2.24) is 5.32 Å². The molecule has 0 amide bonds. The van der Waals surface area contributed by atoms with Crippen LogP contribution in [0.25, 0.3) is 0 Å². The van der Waals surface area contributed by atoms with Crippen LogP contribution < -0.4 is 5.32 Å². The summed E-state index contributed by atoms with van der Waals surface area (Å²) in [5, 5.41) is 3.43. The molecule has 1 N–H and O–H groups in total. The number of nitrogens with one attached hydrogen (secondary N) is 1. The topological polar surface area (TPSA) is 47.6 Å². The summed E-state index contributed by atoms with van der Waals surface area (Å²) in [6.45, 7) is 3.68. The average Bonchev–Trinajstić information content (AvgIpc) is 3.22. The van der Waals surface area contributed by atoms with Crippen molar-refractivity contribution >= 4 is 5.97 Å². The third-order valence-electron chi connectivity index (χ3n) is 4.85. The third-order valence-corrected chi connectivity index (χ3v) is 4.85. The van der Waals surface area contributed by atoms with Gasteiger partial charge in [-0.25, -0.2) is 0 Å². The molecule has 21 heavy (non-hydrogen) atoms.